The highest BCUT2D eigenvalue weighted by Crippen LogP contribution is 2.32. The van der Waals surface area contributed by atoms with E-state index in [2.05, 4.69) is 20.6 Å². The summed E-state index contributed by atoms with van der Waals surface area (Å²) in [6.07, 6.45) is 4.98. The van der Waals surface area contributed by atoms with E-state index < -0.39 is 0 Å². The molecule has 0 aliphatic heterocycles. The molecular weight excluding hydrogens is 324 g/mol. The number of aryl methyl sites for hydroxylation is 2. The lowest BCUT2D eigenvalue weighted by atomic mass is 10.2. The van der Waals surface area contributed by atoms with Crippen molar-refractivity contribution in [2.75, 3.05) is 17.7 Å². The summed E-state index contributed by atoms with van der Waals surface area (Å²) in [6, 6.07) is 6.23. The van der Waals surface area contributed by atoms with E-state index >= 15 is 0 Å². The maximum Gasteiger partial charge on any atom is 0.229 e. The van der Waals surface area contributed by atoms with Gasteiger partial charge in [-0.15, -0.1) is 0 Å². The Bertz CT molecular complexity index is 729. The molecule has 0 atom stereocenters. The number of hydrogen-bond donors (Lipinski definition) is 2. The fourth-order valence-electron chi connectivity index (χ4n) is 3.03. The van der Waals surface area contributed by atoms with Gasteiger partial charge in [-0.3, -0.25) is 0 Å². The smallest absolute Gasteiger partial charge is 0.229 e. The zero-order valence-electron chi connectivity index (χ0n) is 14.3. The first-order valence-electron chi connectivity index (χ1n) is 8.28. The van der Waals surface area contributed by atoms with E-state index in [9.17, 15) is 0 Å². The van der Waals surface area contributed by atoms with Crippen molar-refractivity contribution in [1.82, 2.24) is 9.97 Å². The highest BCUT2D eigenvalue weighted by molar-refractivity contribution is 6.31. The molecule has 0 amide bonds. The van der Waals surface area contributed by atoms with Crippen LogP contribution in [-0.4, -0.2) is 23.1 Å². The Kier molecular flexibility index (Phi) is 5.09. The van der Waals surface area contributed by atoms with Crippen molar-refractivity contribution in [3.8, 4) is 5.75 Å². The van der Waals surface area contributed by atoms with Gasteiger partial charge in [-0.2, -0.15) is 4.98 Å². The third-order valence-corrected chi connectivity index (χ3v) is 4.70. The predicted molar refractivity (Wildman–Crippen MR) is 98.7 cm³/mol. The van der Waals surface area contributed by atoms with Crippen LogP contribution in [-0.2, 0) is 0 Å². The molecule has 1 aliphatic rings. The summed E-state index contributed by atoms with van der Waals surface area (Å²) in [6.45, 7) is 3.92. The van der Waals surface area contributed by atoms with Crippen LogP contribution in [0.4, 0.5) is 17.5 Å². The summed E-state index contributed by atoms with van der Waals surface area (Å²) >= 11 is 6.16. The zero-order chi connectivity index (χ0) is 17.1. The van der Waals surface area contributed by atoms with Gasteiger partial charge in [0, 0.05) is 28.9 Å². The maximum atomic E-state index is 6.16. The van der Waals surface area contributed by atoms with Gasteiger partial charge >= 0.3 is 0 Å². The van der Waals surface area contributed by atoms with Crippen molar-refractivity contribution in [2.45, 2.75) is 45.6 Å². The van der Waals surface area contributed by atoms with E-state index in [-0.39, 0.29) is 0 Å². The number of anilines is 3. The van der Waals surface area contributed by atoms with Gasteiger partial charge in [0.25, 0.3) is 0 Å². The molecule has 1 saturated carbocycles. The number of methoxy groups -OCH3 is 1. The summed E-state index contributed by atoms with van der Waals surface area (Å²) in [5, 5.41) is 7.44. The zero-order valence-corrected chi connectivity index (χ0v) is 15.1. The molecule has 0 spiro atoms. The first-order chi connectivity index (χ1) is 11.5. The SMILES string of the molecule is COc1cc(Cl)c(C)cc1Nc1nc(C)cc(NC2CCCC2)n1. The molecule has 1 aliphatic carbocycles. The fraction of sp³-hybridized carbons (Fsp3) is 0.444. The van der Waals surface area contributed by atoms with Gasteiger partial charge in [0.05, 0.1) is 12.8 Å². The second kappa shape index (κ2) is 7.26. The third-order valence-electron chi connectivity index (χ3n) is 4.29. The van der Waals surface area contributed by atoms with Crippen molar-refractivity contribution in [2.24, 2.45) is 0 Å². The van der Waals surface area contributed by atoms with E-state index in [4.69, 9.17) is 16.3 Å². The van der Waals surface area contributed by atoms with Gasteiger partial charge in [-0.1, -0.05) is 24.4 Å². The molecule has 128 valence electrons. The normalized spacial score (nSPS) is 14.7. The molecule has 1 fully saturated rings. The number of halogens is 1. The number of benzene rings is 1. The molecule has 2 N–H and O–H groups in total. The standard InChI is InChI=1S/C18H23ClN4O/c1-11-8-15(16(24-3)10-14(11)19)22-18-20-12(2)9-17(23-18)21-13-6-4-5-7-13/h8-10,13H,4-7H2,1-3H3,(H2,20,21,22,23). The molecule has 0 unspecified atom stereocenters. The molecule has 1 aromatic heterocycles. The molecule has 24 heavy (non-hydrogen) atoms. The average molecular weight is 347 g/mol. The first-order valence-corrected chi connectivity index (χ1v) is 8.66. The van der Waals surface area contributed by atoms with Gasteiger partial charge in [0.2, 0.25) is 5.95 Å². The van der Waals surface area contributed by atoms with Crippen LogP contribution in [0.2, 0.25) is 5.02 Å². The molecule has 2 aromatic rings. The molecule has 5 nitrogen and oxygen atoms in total. The molecule has 0 bridgehead atoms. The lowest BCUT2D eigenvalue weighted by Gasteiger charge is -2.16. The van der Waals surface area contributed by atoms with Crippen LogP contribution >= 0.6 is 11.6 Å². The predicted octanol–water partition coefficient (Wildman–Crippen LogP) is 4.85. The molecule has 3 rings (SSSR count). The molecular formula is C18H23ClN4O. The molecule has 1 heterocycles. The lowest BCUT2D eigenvalue weighted by Crippen LogP contribution is -2.16. The largest absolute Gasteiger partial charge is 0.495 e. The van der Waals surface area contributed by atoms with Crippen molar-refractivity contribution < 1.29 is 4.74 Å². The Labute approximate surface area is 147 Å². The molecule has 6 heteroatoms. The van der Waals surface area contributed by atoms with Gasteiger partial charge < -0.3 is 15.4 Å². The number of aromatic nitrogens is 2. The minimum atomic E-state index is 0.513. The summed E-state index contributed by atoms with van der Waals surface area (Å²) in [5.41, 5.74) is 2.69. The number of nitrogens with zero attached hydrogens (tertiary/aromatic N) is 2. The van der Waals surface area contributed by atoms with Crippen LogP contribution in [0, 0.1) is 13.8 Å². The van der Waals surface area contributed by atoms with Crippen molar-refractivity contribution >= 4 is 29.1 Å². The summed E-state index contributed by atoms with van der Waals surface area (Å²) in [5.74, 6) is 2.08. The third kappa shape index (κ3) is 3.90. The van der Waals surface area contributed by atoms with Crippen LogP contribution < -0.4 is 15.4 Å². The van der Waals surface area contributed by atoms with Gasteiger partial charge in [-0.25, -0.2) is 4.98 Å². The highest BCUT2D eigenvalue weighted by Gasteiger charge is 2.16. The van der Waals surface area contributed by atoms with E-state index in [1.165, 1.54) is 25.7 Å². The van der Waals surface area contributed by atoms with Crippen LogP contribution in [0.15, 0.2) is 18.2 Å². The molecule has 1 aromatic carbocycles. The monoisotopic (exact) mass is 346 g/mol. The maximum absolute atomic E-state index is 6.16. The number of ether oxygens (including phenoxy) is 1. The average Bonchev–Trinajstić information content (AvgIpc) is 3.03. The van der Waals surface area contributed by atoms with Crippen molar-refractivity contribution in [1.29, 1.82) is 0 Å². The topological polar surface area (TPSA) is 59.1 Å². The van der Waals surface area contributed by atoms with Gasteiger partial charge in [-0.05, 0) is 38.3 Å². The van der Waals surface area contributed by atoms with E-state index in [0.717, 1.165) is 22.8 Å². The van der Waals surface area contributed by atoms with Crippen LogP contribution in [0.5, 0.6) is 5.75 Å². The lowest BCUT2D eigenvalue weighted by molar-refractivity contribution is 0.416. The van der Waals surface area contributed by atoms with Crippen molar-refractivity contribution in [3.63, 3.8) is 0 Å². The number of hydrogen-bond acceptors (Lipinski definition) is 5. The van der Waals surface area contributed by atoms with E-state index in [1.807, 2.05) is 26.0 Å². The van der Waals surface area contributed by atoms with Crippen LogP contribution in [0.25, 0.3) is 0 Å². The van der Waals surface area contributed by atoms with Crippen molar-refractivity contribution in [3.05, 3.63) is 34.5 Å². The Morgan fingerprint density at radius 1 is 1.12 bits per heavy atom. The van der Waals surface area contributed by atoms with E-state index in [1.54, 1.807) is 13.2 Å². The highest BCUT2D eigenvalue weighted by atomic mass is 35.5. The van der Waals surface area contributed by atoms with Gasteiger partial charge in [0.1, 0.15) is 11.6 Å². The summed E-state index contributed by atoms with van der Waals surface area (Å²) in [4.78, 5) is 9.08. The Morgan fingerprint density at radius 2 is 1.88 bits per heavy atom. The number of nitrogens with one attached hydrogen (secondary N) is 2. The summed E-state index contributed by atoms with van der Waals surface area (Å²) < 4.78 is 5.40. The second-order valence-electron chi connectivity index (χ2n) is 6.27. The molecule has 0 saturated heterocycles. The number of rotatable bonds is 5. The van der Waals surface area contributed by atoms with Crippen LogP contribution in [0.3, 0.4) is 0 Å². The fourth-order valence-corrected chi connectivity index (χ4v) is 3.18. The van der Waals surface area contributed by atoms with Gasteiger partial charge in [0.15, 0.2) is 0 Å². The second-order valence-corrected chi connectivity index (χ2v) is 6.68. The minimum Gasteiger partial charge on any atom is -0.495 e. The Morgan fingerprint density at radius 3 is 2.58 bits per heavy atom. The summed E-state index contributed by atoms with van der Waals surface area (Å²) in [7, 11) is 1.62. The quantitative estimate of drug-likeness (QED) is 0.810. The Balaban J connectivity index is 1.84. The first kappa shape index (κ1) is 16.8. The van der Waals surface area contributed by atoms with Crippen LogP contribution in [0.1, 0.15) is 36.9 Å². The van der Waals surface area contributed by atoms with E-state index in [0.29, 0.717) is 22.8 Å². The minimum absolute atomic E-state index is 0.513. The molecule has 0 radical (unpaired) electrons. The Hall–Kier alpha value is -2.01.